The molecule has 6 heteroatoms. The summed E-state index contributed by atoms with van der Waals surface area (Å²) in [5.74, 6) is 0.534. The Hall–Kier alpha value is -3.64. The summed E-state index contributed by atoms with van der Waals surface area (Å²) in [4.78, 5) is 25.0. The molecule has 0 radical (unpaired) electrons. The second-order valence-electron chi connectivity index (χ2n) is 9.62. The number of hydrogen-bond donors (Lipinski definition) is 1. The standard InChI is InChI=1S/C33H40O6/c1-2-3-8-11-26-12-14-27(15-13-26)32(35)38-30-20-22-31(23-21-30)39-33(36)28-16-18-29(19-17-28)37-25-10-7-5-4-6-9-24-34/h12-23,34H,2-11,24-25H2,1H3. The number of aliphatic hydroxyl groups is 1. The van der Waals surface area contributed by atoms with E-state index in [-0.39, 0.29) is 6.61 Å². The topological polar surface area (TPSA) is 82.1 Å². The summed E-state index contributed by atoms with van der Waals surface area (Å²) in [6.07, 6.45) is 10.8. The average Bonchev–Trinajstić information content (AvgIpc) is 2.96. The van der Waals surface area contributed by atoms with Crippen LogP contribution in [0.3, 0.4) is 0 Å². The van der Waals surface area contributed by atoms with Crippen molar-refractivity contribution in [3.63, 3.8) is 0 Å². The van der Waals surface area contributed by atoms with Crippen LogP contribution in [0.15, 0.2) is 72.8 Å². The van der Waals surface area contributed by atoms with Crippen molar-refractivity contribution in [1.29, 1.82) is 0 Å². The molecule has 6 nitrogen and oxygen atoms in total. The summed E-state index contributed by atoms with van der Waals surface area (Å²) in [6.45, 7) is 3.08. The van der Waals surface area contributed by atoms with Crippen LogP contribution in [0, 0.1) is 0 Å². The zero-order valence-corrected chi connectivity index (χ0v) is 22.9. The van der Waals surface area contributed by atoms with Gasteiger partial charge in [0.25, 0.3) is 0 Å². The van der Waals surface area contributed by atoms with E-state index in [0.29, 0.717) is 35.0 Å². The lowest BCUT2D eigenvalue weighted by Gasteiger charge is -2.09. The fraction of sp³-hybridized carbons (Fsp3) is 0.394. The Morgan fingerprint density at radius 2 is 1.08 bits per heavy atom. The molecule has 0 amide bonds. The molecular formula is C33H40O6. The van der Waals surface area contributed by atoms with Crippen molar-refractivity contribution < 1.29 is 28.9 Å². The minimum atomic E-state index is -0.479. The van der Waals surface area contributed by atoms with Crippen LogP contribution in [-0.2, 0) is 6.42 Å². The summed E-state index contributed by atoms with van der Waals surface area (Å²) < 4.78 is 16.7. The van der Waals surface area contributed by atoms with E-state index in [9.17, 15) is 9.59 Å². The molecule has 3 aromatic rings. The first kappa shape index (κ1) is 29.9. The highest BCUT2D eigenvalue weighted by atomic mass is 16.5. The molecule has 0 saturated carbocycles. The predicted octanol–water partition coefficient (Wildman–Crippen LogP) is 7.57. The minimum Gasteiger partial charge on any atom is -0.494 e. The lowest BCUT2D eigenvalue weighted by atomic mass is 10.1. The van der Waals surface area contributed by atoms with Crippen molar-refractivity contribution in [3.8, 4) is 17.2 Å². The monoisotopic (exact) mass is 532 g/mol. The van der Waals surface area contributed by atoms with Gasteiger partial charge in [0.15, 0.2) is 0 Å². The number of benzene rings is 3. The van der Waals surface area contributed by atoms with E-state index in [2.05, 4.69) is 6.92 Å². The molecule has 3 rings (SSSR count). The van der Waals surface area contributed by atoms with E-state index < -0.39 is 11.9 Å². The molecule has 0 bridgehead atoms. The maximum atomic E-state index is 12.5. The van der Waals surface area contributed by atoms with E-state index in [1.165, 1.54) is 18.4 Å². The van der Waals surface area contributed by atoms with Gasteiger partial charge >= 0.3 is 11.9 Å². The molecule has 1 N–H and O–H groups in total. The molecular weight excluding hydrogens is 492 g/mol. The van der Waals surface area contributed by atoms with Gasteiger partial charge in [-0.3, -0.25) is 0 Å². The summed E-state index contributed by atoms with van der Waals surface area (Å²) in [6, 6.07) is 20.8. The highest BCUT2D eigenvalue weighted by molar-refractivity contribution is 5.92. The van der Waals surface area contributed by atoms with Crippen LogP contribution >= 0.6 is 0 Å². The fourth-order valence-corrected chi connectivity index (χ4v) is 4.09. The van der Waals surface area contributed by atoms with E-state index in [0.717, 1.165) is 51.4 Å². The lowest BCUT2D eigenvalue weighted by molar-refractivity contribution is 0.0719. The zero-order valence-electron chi connectivity index (χ0n) is 22.9. The number of esters is 2. The van der Waals surface area contributed by atoms with Crippen molar-refractivity contribution in [2.24, 2.45) is 0 Å². The van der Waals surface area contributed by atoms with Crippen LogP contribution in [0.2, 0.25) is 0 Å². The number of carbonyl (C=O) groups is 2. The maximum absolute atomic E-state index is 12.5. The van der Waals surface area contributed by atoms with Gasteiger partial charge < -0.3 is 19.3 Å². The third-order valence-electron chi connectivity index (χ3n) is 6.41. The number of aliphatic hydroxyl groups excluding tert-OH is 1. The van der Waals surface area contributed by atoms with Crippen LogP contribution in [0.25, 0.3) is 0 Å². The van der Waals surface area contributed by atoms with Crippen LogP contribution < -0.4 is 14.2 Å². The molecule has 39 heavy (non-hydrogen) atoms. The van der Waals surface area contributed by atoms with Crippen molar-refractivity contribution in [1.82, 2.24) is 0 Å². The Kier molecular flexibility index (Phi) is 13.1. The van der Waals surface area contributed by atoms with Gasteiger partial charge in [-0.05, 0) is 91.9 Å². The molecule has 0 aliphatic heterocycles. The minimum absolute atomic E-state index is 0.269. The van der Waals surface area contributed by atoms with Crippen molar-refractivity contribution >= 4 is 11.9 Å². The van der Waals surface area contributed by atoms with Gasteiger partial charge in [-0.1, -0.05) is 57.6 Å². The van der Waals surface area contributed by atoms with Gasteiger partial charge in [0.2, 0.25) is 0 Å². The SMILES string of the molecule is CCCCCc1ccc(C(=O)Oc2ccc(OC(=O)c3ccc(OCCCCCCCCO)cc3)cc2)cc1. The molecule has 0 aliphatic rings. The third-order valence-corrected chi connectivity index (χ3v) is 6.41. The third kappa shape index (κ3) is 10.9. The fourth-order valence-electron chi connectivity index (χ4n) is 4.09. The van der Waals surface area contributed by atoms with Crippen LogP contribution in [0.4, 0.5) is 0 Å². The van der Waals surface area contributed by atoms with Crippen molar-refractivity contribution in [2.45, 2.75) is 71.1 Å². The summed E-state index contributed by atoms with van der Waals surface area (Å²) >= 11 is 0. The molecule has 0 fully saturated rings. The molecule has 3 aromatic carbocycles. The number of rotatable bonds is 17. The first-order valence-electron chi connectivity index (χ1n) is 14.1. The zero-order chi connectivity index (χ0) is 27.7. The molecule has 0 aliphatic carbocycles. The molecule has 0 unspecified atom stereocenters. The Labute approximate surface area is 231 Å². The molecule has 208 valence electrons. The Morgan fingerprint density at radius 1 is 0.590 bits per heavy atom. The van der Waals surface area contributed by atoms with E-state index in [1.807, 2.05) is 12.1 Å². The van der Waals surface area contributed by atoms with Gasteiger partial charge in [-0.25, -0.2) is 9.59 Å². The number of ether oxygens (including phenoxy) is 3. The van der Waals surface area contributed by atoms with Gasteiger partial charge in [0.1, 0.15) is 17.2 Å². The van der Waals surface area contributed by atoms with Gasteiger partial charge in [-0.15, -0.1) is 0 Å². The number of unbranched alkanes of at least 4 members (excludes halogenated alkanes) is 7. The van der Waals surface area contributed by atoms with Gasteiger partial charge in [0, 0.05) is 6.61 Å². The highest BCUT2D eigenvalue weighted by Crippen LogP contribution is 2.21. The van der Waals surface area contributed by atoms with E-state index in [4.69, 9.17) is 19.3 Å². The number of aryl methyl sites for hydroxylation is 1. The Bertz CT molecular complexity index is 1120. The number of carbonyl (C=O) groups excluding carboxylic acids is 2. The number of hydrogen-bond acceptors (Lipinski definition) is 6. The average molecular weight is 533 g/mol. The van der Waals surface area contributed by atoms with Crippen LogP contribution in [0.1, 0.15) is 91.0 Å². The molecule has 0 aromatic heterocycles. The smallest absolute Gasteiger partial charge is 0.343 e. The Balaban J connectivity index is 1.40. The van der Waals surface area contributed by atoms with Crippen LogP contribution in [-0.4, -0.2) is 30.3 Å². The molecule has 0 saturated heterocycles. The highest BCUT2D eigenvalue weighted by Gasteiger charge is 2.11. The summed E-state index contributed by atoms with van der Waals surface area (Å²) in [7, 11) is 0. The van der Waals surface area contributed by atoms with Gasteiger partial charge in [0.05, 0.1) is 17.7 Å². The molecule has 0 spiro atoms. The maximum Gasteiger partial charge on any atom is 0.343 e. The summed E-state index contributed by atoms with van der Waals surface area (Å²) in [5, 5.41) is 8.79. The summed E-state index contributed by atoms with van der Waals surface area (Å²) in [5.41, 5.74) is 2.12. The quantitative estimate of drug-likeness (QED) is 0.110. The largest absolute Gasteiger partial charge is 0.494 e. The lowest BCUT2D eigenvalue weighted by Crippen LogP contribution is -2.09. The van der Waals surface area contributed by atoms with E-state index in [1.54, 1.807) is 60.7 Å². The van der Waals surface area contributed by atoms with Crippen molar-refractivity contribution in [2.75, 3.05) is 13.2 Å². The first-order chi connectivity index (χ1) is 19.1. The van der Waals surface area contributed by atoms with Crippen molar-refractivity contribution in [3.05, 3.63) is 89.5 Å². The second kappa shape index (κ2) is 17.0. The normalized spacial score (nSPS) is 10.7. The predicted molar refractivity (Wildman–Crippen MR) is 153 cm³/mol. The van der Waals surface area contributed by atoms with Gasteiger partial charge in [-0.2, -0.15) is 0 Å². The van der Waals surface area contributed by atoms with Crippen LogP contribution in [0.5, 0.6) is 17.2 Å². The first-order valence-corrected chi connectivity index (χ1v) is 14.1. The molecule has 0 atom stereocenters. The Morgan fingerprint density at radius 3 is 1.62 bits per heavy atom. The molecule has 0 heterocycles. The van der Waals surface area contributed by atoms with E-state index >= 15 is 0 Å². The second-order valence-corrected chi connectivity index (χ2v) is 9.62.